The van der Waals surface area contributed by atoms with E-state index in [1.54, 1.807) is 4.90 Å². The van der Waals surface area contributed by atoms with E-state index in [9.17, 15) is 4.79 Å². The molecule has 5 rings (SSSR count). The fourth-order valence-electron chi connectivity index (χ4n) is 7.25. The second-order valence-electron chi connectivity index (χ2n) is 11.7. The highest BCUT2D eigenvalue weighted by atomic mass is 16.2. The van der Waals surface area contributed by atoms with Gasteiger partial charge < -0.3 is 24.9 Å². The molecule has 0 aromatic carbocycles. The topological polar surface area (TPSA) is 73.4 Å². The minimum absolute atomic E-state index is 0.125. The van der Waals surface area contributed by atoms with Crippen molar-refractivity contribution < 1.29 is 9.28 Å². The van der Waals surface area contributed by atoms with E-state index in [4.69, 9.17) is 4.98 Å². The lowest BCUT2D eigenvalue weighted by Crippen LogP contribution is -2.59. The molecule has 0 spiro atoms. The van der Waals surface area contributed by atoms with Crippen LogP contribution < -0.4 is 20.4 Å². The summed E-state index contributed by atoms with van der Waals surface area (Å²) in [6, 6.07) is 1.43. The van der Waals surface area contributed by atoms with E-state index in [1.807, 2.05) is 13.2 Å². The van der Waals surface area contributed by atoms with E-state index in [-0.39, 0.29) is 11.9 Å². The van der Waals surface area contributed by atoms with Crippen LogP contribution in [0.4, 0.5) is 17.5 Å². The lowest BCUT2D eigenvalue weighted by atomic mass is 9.87. The Hall–Kier alpha value is -1.93. The van der Waals surface area contributed by atoms with Crippen molar-refractivity contribution in [3.05, 3.63) is 6.20 Å². The molecule has 4 heterocycles. The summed E-state index contributed by atoms with van der Waals surface area (Å²) in [5.41, 5.74) is 0.845. The first kappa shape index (κ1) is 24.8. The fourth-order valence-corrected chi connectivity index (χ4v) is 7.25. The van der Waals surface area contributed by atoms with Gasteiger partial charge >= 0.3 is 0 Å². The third kappa shape index (κ3) is 4.76. The molecule has 2 saturated heterocycles. The summed E-state index contributed by atoms with van der Waals surface area (Å²) in [7, 11) is 4.35. The molecule has 8 heteroatoms. The number of anilines is 3. The number of quaternary nitrogens is 1. The van der Waals surface area contributed by atoms with Gasteiger partial charge in [0.15, 0.2) is 5.82 Å². The largest absolute Gasteiger partial charge is 0.351 e. The van der Waals surface area contributed by atoms with Crippen LogP contribution in [0.15, 0.2) is 6.20 Å². The molecule has 0 unspecified atom stereocenters. The molecular formula is C27H46N7O+. The van der Waals surface area contributed by atoms with Crippen LogP contribution in [0.1, 0.15) is 71.6 Å². The Morgan fingerprint density at radius 1 is 1.14 bits per heavy atom. The summed E-state index contributed by atoms with van der Waals surface area (Å²) in [5, 5.41) is 7.19. The zero-order valence-corrected chi connectivity index (χ0v) is 22.3. The first-order chi connectivity index (χ1) is 16.9. The molecule has 194 valence electrons. The minimum Gasteiger partial charge on any atom is -0.351 e. The molecule has 3 aliphatic heterocycles. The number of likely N-dealkylation sites (N-methyl/N-ethyl adjacent to an activating group) is 1. The van der Waals surface area contributed by atoms with Gasteiger partial charge in [-0.2, -0.15) is 4.98 Å². The molecule has 35 heavy (non-hydrogen) atoms. The van der Waals surface area contributed by atoms with Crippen LogP contribution in [-0.2, 0) is 4.79 Å². The number of hydrogen-bond acceptors (Lipinski definition) is 6. The van der Waals surface area contributed by atoms with Crippen LogP contribution in [0.5, 0.6) is 0 Å². The van der Waals surface area contributed by atoms with Crippen molar-refractivity contribution in [1.82, 2.24) is 15.3 Å². The van der Waals surface area contributed by atoms with Crippen molar-refractivity contribution in [1.29, 1.82) is 0 Å². The van der Waals surface area contributed by atoms with Crippen molar-refractivity contribution in [2.75, 3.05) is 55.4 Å². The number of aromatic nitrogens is 2. The summed E-state index contributed by atoms with van der Waals surface area (Å²) in [6.45, 7) is 9.30. The van der Waals surface area contributed by atoms with Crippen molar-refractivity contribution in [2.24, 2.45) is 5.92 Å². The Bertz CT molecular complexity index is 888. The van der Waals surface area contributed by atoms with E-state index in [0.29, 0.717) is 23.9 Å². The standard InChI is InChI=1S/C27H46N7O/c1-5-23-26(35)32(3)24-18-29-27(31-25(24)33(23)21-8-6-7-9-21)30-19(2)20-12-16-34(4,17-13-20)22-10-14-28-15-11-22/h18-23,28H,5-17H2,1-4H3,(H,29,30,31)/q+1/t19-,20?,23+,34?/m0/s1. The van der Waals surface area contributed by atoms with Crippen LogP contribution in [0.25, 0.3) is 0 Å². The zero-order chi connectivity index (χ0) is 24.6. The van der Waals surface area contributed by atoms with Gasteiger partial charge in [0.25, 0.3) is 0 Å². The Labute approximate surface area is 211 Å². The maximum absolute atomic E-state index is 13.1. The Kier molecular flexibility index (Phi) is 7.22. The van der Waals surface area contributed by atoms with E-state index in [2.05, 4.69) is 41.4 Å². The number of nitrogens with one attached hydrogen (secondary N) is 2. The molecular weight excluding hydrogens is 438 g/mol. The number of nitrogens with zero attached hydrogens (tertiary/aromatic N) is 5. The fraction of sp³-hybridized carbons (Fsp3) is 0.815. The van der Waals surface area contributed by atoms with Crippen LogP contribution in [0.3, 0.4) is 0 Å². The van der Waals surface area contributed by atoms with Crippen LogP contribution in [0, 0.1) is 5.92 Å². The van der Waals surface area contributed by atoms with Gasteiger partial charge in [-0.3, -0.25) is 4.79 Å². The van der Waals surface area contributed by atoms with Gasteiger partial charge in [0.05, 0.1) is 32.4 Å². The molecule has 2 N–H and O–H groups in total. The third-order valence-corrected chi connectivity index (χ3v) is 9.69. The average molecular weight is 485 g/mol. The first-order valence-corrected chi connectivity index (χ1v) is 14.2. The van der Waals surface area contributed by atoms with Gasteiger partial charge in [-0.1, -0.05) is 19.8 Å². The van der Waals surface area contributed by atoms with E-state index >= 15 is 0 Å². The highest BCUT2D eigenvalue weighted by molar-refractivity contribution is 6.04. The Morgan fingerprint density at radius 2 is 1.83 bits per heavy atom. The molecule has 1 saturated carbocycles. The molecule has 1 aromatic heterocycles. The number of carbonyl (C=O) groups is 1. The van der Waals surface area contributed by atoms with E-state index in [1.165, 1.54) is 69.2 Å². The molecule has 1 aliphatic carbocycles. The summed E-state index contributed by atoms with van der Waals surface area (Å²) in [6.07, 6.45) is 12.6. The zero-order valence-electron chi connectivity index (χ0n) is 22.3. The van der Waals surface area contributed by atoms with Crippen LogP contribution in [-0.4, -0.2) is 84.8 Å². The van der Waals surface area contributed by atoms with Gasteiger partial charge in [-0.15, -0.1) is 0 Å². The van der Waals surface area contributed by atoms with Gasteiger partial charge in [0.1, 0.15) is 11.7 Å². The van der Waals surface area contributed by atoms with E-state index < -0.39 is 0 Å². The quantitative estimate of drug-likeness (QED) is 0.603. The number of hydrogen-bond donors (Lipinski definition) is 2. The maximum Gasteiger partial charge on any atom is 0.249 e. The molecule has 8 nitrogen and oxygen atoms in total. The Morgan fingerprint density at radius 3 is 2.49 bits per heavy atom. The summed E-state index contributed by atoms with van der Waals surface area (Å²) < 4.78 is 1.25. The summed E-state index contributed by atoms with van der Waals surface area (Å²) in [4.78, 5) is 27.0. The maximum atomic E-state index is 13.1. The summed E-state index contributed by atoms with van der Waals surface area (Å²) in [5.74, 6) is 2.45. The monoisotopic (exact) mass is 484 g/mol. The van der Waals surface area contributed by atoms with Crippen LogP contribution >= 0.6 is 0 Å². The average Bonchev–Trinajstić information content (AvgIpc) is 3.41. The van der Waals surface area contributed by atoms with E-state index in [0.717, 1.165) is 36.8 Å². The molecule has 1 amide bonds. The van der Waals surface area contributed by atoms with Crippen molar-refractivity contribution in [3.8, 4) is 0 Å². The molecule has 0 radical (unpaired) electrons. The smallest absolute Gasteiger partial charge is 0.249 e. The summed E-state index contributed by atoms with van der Waals surface area (Å²) >= 11 is 0. The lowest BCUT2D eigenvalue weighted by molar-refractivity contribution is -0.939. The second kappa shape index (κ2) is 10.2. The number of carbonyl (C=O) groups excluding carboxylic acids is 1. The lowest BCUT2D eigenvalue weighted by Gasteiger charge is -2.48. The number of likely N-dealkylation sites (tertiary alicyclic amines) is 1. The number of fused-ring (bicyclic) bond motifs is 1. The minimum atomic E-state index is -0.125. The van der Waals surface area contributed by atoms with Crippen molar-refractivity contribution >= 4 is 23.4 Å². The van der Waals surface area contributed by atoms with Gasteiger partial charge in [-0.05, 0) is 32.1 Å². The molecule has 3 fully saturated rings. The second-order valence-corrected chi connectivity index (χ2v) is 11.7. The highest BCUT2D eigenvalue weighted by Gasteiger charge is 2.42. The molecule has 1 aromatic rings. The normalized spacial score (nSPS) is 31.5. The predicted molar refractivity (Wildman–Crippen MR) is 142 cm³/mol. The first-order valence-electron chi connectivity index (χ1n) is 14.2. The third-order valence-electron chi connectivity index (χ3n) is 9.69. The number of piperidine rings is 2. The highest BCUT2D eigenvalue weighted by Crippen LogP contribution is 2.40. The van der Waals surface area contributed by atoms with Crippen molar-refractivity contribution in [3.63, 3.8) is 0 Å². The number of rotatable bonds is 6. The van der Waals surface area contributed by atoms with Crippen molar-refractivity contribution in [2.45, 2.75) is 95.8 Å². The van der Waals surface area contributed by atoms with Gasteiger partial charge in [-0.25, -0.2) is 4.98 Å². The molecule has 4 aliphatic rings. The Balaban J connectivity index is 1.29. The number of amides is 1. The van der Waals surface area contributed by atoms with Gasteiger partial charge in [0, 0.05) is 57.9 Å². The van der Waals surface area contributed by atoms with Crippen LogP contribution in [0.2, 0.25) is 0 Å². The van der Waals surface area contributed by atoms with Gasteiger partial charge in [0.2, 0.25) is 11.9 Å². The molecule has 0 bridgehead atoms. The predicted octanol–water partition coefficient (Wildman–Crippen LogP) is 3.39. The SMILES string of the molecule is CC[C@@H]1C(=O)N(C)c2cnc(N[C@@H](C)C3CC[N+](C)(C4CCNCC4)CC3)nc2N1C1CCCC1. The molecule has 2 atom stereocenters.